The lowest BCUT2D eigenvalue weighted by atomic mass is 9.86. The fraction of sp³-hybridized carbons (Fsp3) is 0.743. The zero-order chi connectivity index (χ0) is 34.0. The molecular formula is C35H57N3O8. The first-order valence-corrected chi connectivity index (χ1v) is 16.6. The molecule has 46 heavy (non-hydrogen) atoms. The SMILES string of the molecule is COCCCOc1cc(C(=O)N(C[C@@H]2CN(C(=O)OC(C)(C)C)C[C@H]2CN(C)C(=O)[C@H]2CC[C@H](OC)CC2)C(C)C)ccc1OC. The van der Waals surface area contributed by atoms with Crippen molar-refractivity contribution in [3.05, 3.63) is 23.8 Å². The number of likely N-dealkylation sites (tertiary alicyclic amines) is 1. The van der Waals surface area contributed by atoms with Gasteiger partial charge in [0, 0.05) is 89.8 Å². The molecule has 11 heteroatoms. The summed E-state index contributed by atoms with van der Waals surface area (Å²) in [7, 11) is 6.80. The van der Waals surface area contributed by atoms with Crippen molar-refractivity contribution < 1.29 is 38.1 Å². The van der Waals surface area contributed by atoms with Gasteiger partial charge in [-0.15, -0.1) is 0 Å². The minimum absolute atomic E-state index is 0.0204. The Morgan fingerprint density at radius 1 is 0.935 bits per heavy atom. The average molecular weight is 648 g/mol. The predicted octanol–water partition coefficient (Wildman–Crippen LogP) is 5.11. The lowest BCUT2D eigenvalue weighted by Crippen LogP contribution is -2.44. The van der Waals surface area contributed by atoms with Crippen LogP contribution in [-0.2, 0) is 19.0 Å². The topological polar surface area (TPSA) is 107 Å². The predicted molar refractivity (Wildman–Crippen MR) is 176 cm³/mol. The number of hydrogen-bond donors (Lipinski definition) is 0. The highest BCUT2D eigenvalue weighted by Gasteiger charge is 2.41. The van der Waals surface area contributed by atoms with E-state index in [0.29, 0.717) is 62.9 Å². The van der Waals surface area contributed by atoms with Gasteiger partial charge < -0.3 is 38.4 Å². The summed E-state index contributed by atoms with van der Waals surface area (Å²) in [6.45, 7) is 12.4. The Kier molecular flexibility index (Phi) is 14.0. The molecule has 0 bridgehead atoms. The van der Waals surface area contributed by atoms with Gasteiger partial charge in [0.15, 0.2) is 11.5 Å². The van der Waals surface area contributed by atoms with Gasteiger partial charge in [-0.25, -0.2) is 4.79 Å². The Bertz CT molecular complexity index is 1150. The second kappa shape index (κ2) is 17.2. The van der Waals surface area contributed by atoms with Crippen LogP contribution < -0.4 is 9.47 Å². The molecule has 0 radical (unpaired) electrons. The molecule has 1 heterocycles. The summed E-state index contributed by atoms with van der Waals surface area (Å²) in [6.07, 6.45) is 3.95. The van der Waals surface area contributed by atoms with E-state index in [1.807, 2.05) is 51.5 Å². The second-order valence-corrected chi connectivity index (χ2v) is 13.9. The van der Waals surface area contributed by atoms with E-state index in [-0.39, 0.29) is 47.8 Å². The molecule has 3 amide bonds. The number of ether oxygens (including phenoxy) is 5. The van der Waals surface area contributed by atoms with Gasteiger partial charge in [-0.3, -0.25) is 9.59 Å². The summed E-state index contributed by atoms with van der Waals surface area (Å²) in [6, 6.07) is 5.13. The second-order valence-electron chi connectivity index (χ2n) is 13.9. The van der Waals surface area contributed by atoms with Crippen LogP contribution in [0.3, 0.4) is 0 Å². The van der Waals surface area contributed by atoms with E-state index >= 15 is 0 Å². The highest BCUT2D eigenvalue weighted by Crippen LogP contribution is 2.32. The molecule has 1 aliphatic carbocycles. The third-order valence-electron chi connectivity index (χ3n) is 8.95. The Morgan fingerprint density at radius 2 is 1.59 bits per heavy atom. The van der Waals surface area contributed by atoms with E-state index in [2.05, 4.69) is 0 Å². The summed E-state index contributed by atoms with van der Waals surface area (Å²) < 4.78 is 27.8. The molecule has 11 nitrogen and oxygen atoms in total. The number of hydrogen-bond acceptors (Lipinski definition) is 8. The normalized spacial score (nSPS) is 21.7. The maximum atomic E-state index is 14.0. The molecule has 1 saturated carbocycles. The van der Waals surface area contributed by atoms with Crippen LogP contribution in [0, 0.1) is 17.8 Å². The molecule has 0 spiro atoms. The molecule has 0 N–H and O–H groups in total. The van der Waals surface area contributed by atoms with Gasteiger partial charge in [-0.2, -0.15) is 0 Å². The van der Waals surface area contributed by atoms with Gasteiger partial charge in [-0.05, 0) is 78.5 Å². The third kappa shape index (κ3) is 10.5. The van der Waals surface area contributed by atoms with Crippen molar-refractivity contribution in [2.24, 2.45) is 17.8 Å². The number of methoxy groups -OCH3 is 3. The van der Waals surface area contributed by atoms with Crippen LogP contribution in [0.1, 0.15) is 77.1 Å². The van der Waals surface area contributed by atoms with Crippen LogP contribution >= 0.6 is 0 Å². The van der Waals surface area contributed by atoms with Crippen LogP contribution in [-0.4, -0.2) is 118 Å². The van der Waals surface area contributed by atoms with Crippen molar-refractivity contribution in [1.82, 2.24) is 14.7 Å². The Labute approximate surface area is 275 Å². The van der Waals surface area contributed by atoms with Crippen LogP contribution in [0.4, 0.5) is 4.79 Å². The fourth-order valence-electron chi connectivity index (χ4n) is 6.38. The van der Waals surface area contributed by atoms with Gasteiger partial charge in [0.1, 0.15) is 5.60 Å². The van der Waals surface area contributed by atoms with Crippen molar-refractivity contribution in [3.8, 4) is 11.5 Å². The summed E-state index contributed by atoms with van der Waals surface area (Å²) in [5.74, 6) is 0.959. The molecule has 1 saturated heterocycles. The van der Waals surface area contributed by atoms with Gasteiger partial charge >= 0.3 is 6.09 Å². The molecule has 1 aromatic rings. The van der Waals surface area contributed by atoms with E-state index in [4.69, 9.17) is 23.7 Å². The van der Waals surface area contributed by atoms with E-state index in [1.165, 1.54) is 0 Å². The largest absolute Gasteiger partial charge is 0.493 e. The highest BCUT2D eigenvalue weighted by atomic mass is 16.6. The van der Waals surface area contributed by atoms with Gasteiger partial charge in [0.2, 0.25) is 5.91 Å². The van der Waals surface area contributed by atoms with Gasteiger partial charge in [0.05, 0.1) is 19.8 Å². The maximum Gasteiger partial charge on any atom is 0.410 e. The standard InChI is InChI=1S/C35H57N3O8/c1-24(2)38(33(40)26-13-16-30(44-9)31(19-26)45-18-10-17-42-7)23-28-22-37(34(41)46-35(3,4)5)21-27(28)20-36(6)32(39)25-11-14-29(43-8)15-12-25/h13,16,19,24-25,27-29H,10-12,14-15,17-18,20-23H2,1-9H3/t25-,27-,28+,29-/m1/s1. The monoisotopic (exact) mass is 647 g/mol. The summed E-state index contributed by atoms with van der Waals surface area (Å²) in [5.41, 5.74) is -0.135. The van der Waals surface area contributed by atoms with Crippen molar-refractivity contribution in [3.63, 3.8) is 0 Å². The zero-order valence-electron chi connectivity index (χ0n) is 29.5. The molecule has 260 valence electrons. The Hall–Kier alpha value is -3.05. The minimum atomic E-state index is -0.629. The minimum Gasteiger partial charge on any atom is -0.493 e. The zero-order valence-corrected chi connectivity index (χ0v) is 29.5. The lowest BCUT2D eigenvalue weighted by molar-refractivity contribution is -0.136. The number of nitrogens with zero attached hydrogens (tertiary/aromatic N) is 3. The van der Waals surface area contributed by atoms with Crippen LogP contribution in [0.5, 0.6) is 11.5 Å². The number of benzene rings is 1. The van der Waals surface area contributed by atoms with Gasteiger partial charge in [0.25, 0.3) is 5.91 Å². The molecule has 0 aromatic heterocycles. The lowest BCUT2D eigenvalue weighted by Gasteiger charge is -2.34. The molecule has 2 aliphatic rings. The van der Waals surface area contributed by atoms with Crippen LogP contribution in [0.2, 0.25) is 0 Å². The first-order chi connectivity index (χ1) is 21.8. The third-order valence-corrected chi connectivity index (χ3v) is 8.95. The first-order valence-electron chi connectivity index (χ1n) is 16.6. The smallest absolute Gasteiger partial charge is 0.410 e. The summed E-state index contributed by atoms with van der Waals surface area (Å²) in [5, 5.41) is 0. The van der Waals surface area contributed by atoms with Crippen LogP contribution in [0.15, 0.2) is 18.2 Å². The maximum absolute atomic E-state index is 14.0. The highest BCUT2D eigenvalue weighted by molar-refractivity contribution is 5.95. The number of amides is 3. The summed E-state index contributed by atoms with van der Waals surface area (Å²) in [4.78, 5) is 46.1. The van der Waals surface area contributed by atoms with Crippen LogP contribution in [0.25, 0.3) is 0 Å². The molecule has 1 aromatic carbocycles. The first kappa shape index (κ1) is 37.4. The van der Waals surface area contributed by atoms with Gasteiger partial charge in [-0.1, -0.05) is 0 Å². The molecule has 2 atom stereocenters. The molecule has 2 fully saturated rings. The Balaban J connectivity index is 1.80. The summed E-state index contributed by atoms with van der Waals surface area (Å²) >= 11 is 0. The van der Waals surface area contributed by atoms with E-state index in [9.17, 15) is 14.4 Å². The van der Waals surface area contributed by atoms with Crippen molar-refractivity contribution in [2.45, 2.75) is 84.5 Å². The van der Waals surface area contributed by atoms with E-state index in [0.717, 1.165) is 25.7 Å². The quantitative estimate of drug-likeness (QED) is 0.257. The van der Waals surface area contributed by atoms with Crippen molar-refractivity contribution in [1.29, 1.82) is 0 Å². The molecule has 3 rings (SSSR count). The Morgan fingerprint density at radius 3 is 2.15 bits per heavy atom. The molecular weight excluding hydrogens is 590 g/mol. The van der Waals surface area contributed by atoms with Crippen molar-refractivity contribution >= 4 is 17.9 Å². The average Bonchev–Trinajstić information content (AvgIpc) is 3.42. The number of rotatable bonds is 14. The fourth-order valence-corrected chi connectivity index (χ4v) is 6.38. The molecule has 0 unspecified atom stereocenters. The van der Waals surface area contributed by atoms with Crippen molar-refractivity contribution in [2.75, 3.05) is 67.8 Å². The van der Waals surface area contributed by atoms with E-state index in [1.54, 1.807) is 44.4 Å². The number of carbonyl (C=O) groups is 3. The molecule has 1 aliphatic heterocycles. The van der Waals surface area contributed by atoms with E-state index < -0.39 is 5.60 Å². The number of carbonyl (C=O) groups excluding carboxylic acids is 3.